The van der Waals surface area contributed by atoms with Gasteiger partial charge >= 0.3 is 5.97 Å². The van der Waals surface area contributed by atoms with Gasteiger partial charge in [-0.2, -0.15) is 0 Å². The Balaban J connectivity index is 1.44. The molecule has 1 aliphatic heterocycles. The molecule has 1 unspecified atom stereocenters. The van der Waals surface area contributed by atoms with Gasteiger partial charge in [0, 0.05) is 30.7 Å². The minimum atomic E-state index is -0.902. The second-order valence-electron chi connectivity index (χ2n) is 8.44. The van der Waals surface area contributed by atoms with Crippen molar-refractivity contribution in [1.82, 2.24) is 4.90 Å². The quantitative estimate of drug-likeness (QED) is 0.398. The summed E-state index contributed by atoms with van der Waals surface area (Å²) in [6, 6.07) is 13.6. The Kier molecular flexibility index (Phi) is 9.29. The second-order valence-corrected chi connectivity index (χ2v) is 9.61. The molecule has 0 saturated carbocycles. The highest BCUT2D eigenvalue weighted by atomic mass is 32.1. The van der Waals surface area contributed by atoms with Gasteiger partial charge in [-0.25, -0.2) is 4.79 Å². The number of benzene rings is 1. The number of likely N-dealkylation sites (tertiary alicyclic amines) is 1. The molecule has 5 nitrogen and oxygen atoms in total. The van der Waals surface area contributed by atoms with Gasteiger partial charge in [0.25, 0.3) is 0 Å². The summed E-state index contributed by atoms with van der Waals surface area (Å²) in [4.78, 5) is 26.6. The number of carbonyl (C=O) groups is 2. The van der Waals surface area contributed by atoms with E-state index in [2.05, 4.69) is 24.0 Å². The zero-order valence-electron chi connectivity index (χ0n) is 18.9. The lowest BCUT2D eigenvalue weighted by atomic mass is 9.99. The van der Waals surface area contributed by atoms with Gasteiger partial charge in [0.1, 0.15) is 4.88 Å². The van der Waals surface area contributed by atoms with Gasteiger partial charge < -0.3 is 15.1 Å². The third-order valence-electron chi connectivity index (χ3n) is 5.87. The average molecular weight is 466 g/mol. The first kappa shape index (κ1) is 24.8. The minimum absolute atomic E-state index is 0.00133. The second kappa shape index (κ2) is 12.4. The summed E-state index contributed by atoms with van der Waals surface area (Å²) in [5.74, 6) is 5.58. The predicted octanol–water partition coefficient (Wildman–Crippen LogP) is 4.56. The van der Waals surface area contributed by atoms with Gasteiger partial charge in [0.2, 0.25) is 5.91 Å². The van der Waals surface area contributed by atoms with E-state index in [9.17, 15) is 14.7 Å². The molecule has 2 N–H and O–H groups in total. The molecule has 3 rings (SSSR count). The molecule has 0 bridgehead atoms. The number of aryl methyl sites for hydroxylation is 1. The van der Waals surface area contributed by atoms with Gasteiger partial charge in [0.15, 0.2) is 0 Å². The van der Waals surface area contributed by atoms with E-state index in [-0.39, 0.29) is 17.9 Å². The number of hydrogen-bond acceptors (Lipinski definition) is 4. The fourth-order valence-corrected chi connectivity index (χ4v) is 4.73. The van der Waals surface area contributed by atoms with Crippen molar-refractivity contribution in [3.8, 4) is 11.8 Å². The van der Waals surface area contributed by atoms with Crippen molar-refractivity contribution in [2.45, 2.75) is 57.6 Å². The smallest absolute Gasteiger partial charge is 0.345 e. The molecule has 0 radical (unpaired) electrons. The minimum Gasteiger partial charge on any atom is -0.477 e. The maximum absolute atomic E-state index is 12.3. The number of rotatable bonds is 10. The van der Waals surface area contributed by atoms with Crippen LogP contribution < -0.4 is 0 Å². The van der Waals surface area contributed by atoms with Crippen LogP contribution in [0.3, 0.4) is 0 Å². The highest BCUT2D eigenvalue weighted by Gasteiger charge is 2.28. The molecule has 1 fully saturated rings. The molecule has 0 aliphatic carbocycles. The Morgan fingerprint density at radius 3 is 2.76 bits per heavy atom. The summed E-state index contributed by atoms with van der Waals surface area (Å²) in [6.45, 7) is 2.61. The molecule has 6 heteroatoms. The maximum Gasteiger partial charge on any atom is 0.345 e. The number of aromatic carboxylic acids is 1. The fourth-order valence-electron chi connectivity index (χ4n) is 3.84. The Morgan fingerprint density at radius 1 is 1.24 bits per heavy atom. The van der Waals surface area contributed by atoms with Crippen LogP contribution in [0, 0.1) is 17.8 Å². The van der Waals surface area contributed by atoms with E-state index in [4.69, 9.17) is 5.11 Å². The van der Waals surface area contributed by atoms with E-state index in [1.54, 1.807) is 12.1 Å². The molecule has 33 heavy (non-hydrogen) atoms. The molecule has 1 saturated heterocycles. The van der Waals surface area contributed by atoms with Crippen molar-refractivity contribution in [2.24, 2.45) is 5.92 Å². The van der Waals surface area contributed by atoms with Crippen molar-refractivity contribution >= 4 is 23.2 Å². The number of thiophene rings is 1. The lowest BCUT2D eigenvalue weighted by molar-refractivity contribution is -0.128. The Morgan fingerprint density at radius 2 is 2.03 bits per heavy atom. The Labute approximate surface area is 199 Å². The normalized spacial score (nSPS) is 17.7. The lowest BCUT2D eigenvalue weighted by Gasteiger charge is -2.23. The topological polar surface area (TPSA) is 77.8 Å². The number of aliphatic hydroxyl groups excluding tert-OH is 1. The largest absolute Gasteiger partial charge is 0.477 e. The number of aliphatic hydroxyl groups is 1. The first-order chi connectivity index (χ1) is 15.9. The summed E-state index contributed by atoms with van der Waals surface area (Å²) in [7, 11) is 0. The fraction of sp³-hybridized carbons (Fsp3) is 0.407. The van der Waals surface area contributed by atoms with Crippen LogP contribution in [-0.4, -0.2) is 45.7 Å². The van der Waals surface area contributed by atoms with E-state index < -0.39 is 12.1 Å². The standard InChI is InChI=1S/C27H31NO4S/c1-20(8-5-6-11-21-9-3-2-4-10-21)24(29)16-13-22-14-18-26(30)28(22)19-7-12-23-15-17-25(33-23)27(31)32/h2-4,9-10,13,15-17,20,22,24,29H,7-8,11-12,14,18-19H2,1H3,(H,31,32)/t20-,22?,24+/m0/s1. The molecule has 2 heterocycles. The molecule has 1 aromatic heterocycles. The van der Waals surface area contributed by atoms with Crippen LogP contribution in [-0.2, 0) is 17.6 Å². The highest BCUT2D eigenvalue weighted by Crippen LogP contribution is 2.23. The summed E-state index contributed by atoms with van der Waals surface area (Å²) < 4.78 is 0. The summed E-state index contributed by atoms with van der Waals surface area (Å²) in [6.07, 6.45) is 7.30. The van der Waals surface area contributed by atoms with E-state index in [1.807, 2.05) is 42.2 Å². The molecule has 174 valence electrons. The average Bonchev–Trinajstić information content (AvgIpc) is 3.43. The van der Waals surface area contributed by atoms with E-state index >= 15 is 0 Å². The van der Waals surface area contributed by atoms with Gasteiger partial charge in [-0.3, -0.25) is 4.79 Å². The third kappa shape index (κ3) is 7.59. The first-order valence-electron chi connectivity index (χ1n) is 11.4. The summed E-state index contributed by atoms with van der Waals surface area (Å²) >= 11 is 1.29. The van der Waals surface area contributed by atoms with Crippen LogP contribution in [0.25, 0.3) is 0 Å². The van der Waals surface area contributed by atoms with Crippen LogP contribution in [0.2, 0.25) is 0 Å². The number of carboxylic acids is 1. The van der Waals surface area contributed by atoms with Crippen LogP contribution in [0.5, 0.6) is 0 Å². The Bertz CT molecular complexity index is 1020. The zero-order valence-corrected chi connectivity index (χ0v) is 19.8. The van der Waals surface area contributed by atoms with Crippen LogP contribution in [0.1, 0.15) is 52.7 Å². The number of carboxylic acid groups (broad SMARTS) is 1. The van der Waals surface area contributed by atoms with Gasteiger partial charge in [-0.05, 0) is 42.9 Å². The number of nitrogens with zero attached hydrogens (tertiary/aromatic N) is 1. The first-order valence-corrected chi connectivity index (χ1v) is 12.2. The molecule has 3 atom stereocenters. The predicted molar refractivity (Wildman–Crippen MR) is 131 cm³/mol. The molecule has 1 aliphatic rings. The van der Waals surface area contributed by atoms with Gasteiger partial charge in [-0.1, -0.05) is 55.3 Å². The molecule has 1 aromatic carbocycles. The van der Waals surface area contributed by atoms with Crippen molar-refractivity contribution in [3.05, 3.63) is 69.9 Å². The maximum atomic E-state index is 12.3. The number of carbonyl (C=O) groups excluding carboxylic acids is 1. The molecular formula is C27H31NO4S. The summed E-state index contributed by atoms with van der Waals surface area (Å²) in [5.41, 5.74) is 1.19. The van der Waals surface area contributed by atoms with Crippen LogP contribution in [0.4, 0.5) is 0 Å². The molecule has 1 amide bonds. The van der Waals surface area contributed by atoms with Crippen LogP contribution in [0.15, 0.2) is 54.6 Å². The van der Waals surface area contributed by atoms with Crippen molar-refractivity contribution in [1.29, 1.82) is 0 Å². The monoisotopic (exact) mass is 465 g/mol. The Hall–Kier alpha value is -2.88. The molecule has 2 aromatic rings. The highest BCUT2D eigenvalue weighted by molar-refractivity contribution is 7.13. The van der Waals surface area contributed by atoms with E-state index in [0.29, 0.717) is 30.7 Å². The number of hydrogen-bond donors (Lipinski definition) is 2. The van der Waals surface area contributed by atoms with Crippen molar-refractivity contribution in [3.63, 3.8) is 0 Å². The number of amides is 1. The van der Waals surface area contributed by atoms with Gasteiger partial charge in [-0.15, -0.1) is 17.3 Å². The SMILES string of the molecule is C[C@@H](CC#CCc1ccccc1)[C@H](O)C=CC1CCC(=O)N1CCCc1ccc(C(=O)O)s1. The lowest BCUT2D eigenvalue weighted by Crippen LogP contribution is -2.33. The zero-order chi connectivity index (χ0) is 23.6. The van der Waals surface area contributed by atoms with Crippen molar-refractivity contribution < 1.29 is 19.8 Å². The van der Waals surface area contributed by atoms with Gasteiger partial charge in [0.05, 0.1) is 12.1 Å². The van der Waals surface area contributed by atoms with Crippen molar-refractivity contribution in [2.75, 3.05) is 6.54 Å². The van der Waals surface area contributed by atoms with Crippen LogP contribution >= 0.6 is 11.3 Å². The molecular weight excluding hydrogens is 434 g/mol. The van der Waals surface area contributed by atoms with E-state index in [1.165, 1.54) is 16.9 Å². The third-order valence-corrected chi connectivity index (χ3v) is 7.00. The van der Waals surface area contributed by atoms with E-state index in [0.717, 1.165) is 24.1 Å². The summed E-state index contributed by atoms with van der Waals surface area (Å²) in [5, 5.41) is 19.6. The molecule has 0 spiro atoms.